The number of alkyl halides is 2. The molecule has 0 spiro atoms. The first-order chi connectivity index (χ1) is 16.7. The van der Waals surface area contributed by atoms with Gasteiger partial charge in [-0.15, -0.1) is 0 Å². The summed E-state index contributed by atoms with van der Waals surface area (Å²) in [6.07, 6.45) is 4.37. The predicted molar refractivity (Wildman–Crippen MR) is 137 cm³/mol. The topological polar surface area (TPSA) is 80.4 Å². The van der Waals surface area contributed by atoms with Gasteiger partial charge < -0.3 is 19.3 Å². The second kappa shape index (κ2) is 12.3. The van der Waals surface area contributed by atoms with E-state index in [-0.39, 0.29) is 23.6 Å². The molecule has 6 nitrogen and oxygen atoms in total. The molecule has 0 fully saturated rings. The number of rotatable bonds is 13. The minimum atomic E-state index is -4.69. The average molecular weight is 571 g/mol. The van der Waals surface area contributed by atoms with Crippen molar-refractivity contribution >= 4 is 40.3 Å². The van der Waals surface area contributed by atoms with Crippen LogP contribution in [0.2, 0.25) is 0 Å². The number of para-hydroxylation sites is 1. The number of nitrogens with one attached hydrogen (secondary N) is 2. The summed E-state index contributed by atoms with van der Waals surface area (Å²) < 4.78 is 52.6. The summed E-state index contributed by atoms with van der Waals surface area (Å²) in [5.74, 6) is -0.0542. The fraction of sp³-hybridized carbons (Fsp3) is 0.400. The van der Waals surface area contributed by atoms with Crippen molar-refractivity contribution in [1.29, 1.82) is 0 Å². The molecule has 35 heavy (non-hydrogen) atoms. The van der Waals surface area contributed by atoms with Crippen molar-refractivity contribution in [3.8, 4) is 0 Å². The molecule has 0 aliphatic carbocycles. The monoisotopic (exact) mass is 570 g/mol. The van der Waals surface area contributed by atoms with Crippen molar-refractivity contribution < 1.29 is 27.2 Å². The van der Waals surface area contributed by atoms with Crippen LogP contribution in [-0.4, -0.2) is 30.6 Å². The van der Waals surface area contributed by atoms with Crippen LogP contribution in [0.15, 0.2) is 53.1 Å². The number of H-pyrrole nitrogens is 1. The fourth-order valence-electron chi connectivity index (χ4n) is 3.86. The van der Waals surface area contributed by atoms with E-state index in [2.05, 4.69) is 32.3 Å². The molecule has 3 aromatic rings. The van der Waals surface area contributed by atoms with Crippen LogP contribution in [0.3, 0.4) is 0 Å². The number of carbonyl (C=O) groups is 1. The van der Waals surface area contributed by atoms with Gasteiger partial charge in [-0.2, -0.15) is 8.78 Å². The van der Waals surface area contributed by atoms with Gasteiger partial charge in [-0.05, 0) is 56.4 Å². The second-order valence-electron chi connectivity index (χ2n) is 8.00. The molecule has 1 aromatic heterocycles. The zero-order valence-electron chi connectivity index (χ0n) is 19.8. The van der Waals surface area contributed by atoms with E-state index in [1.807, 2.05) is 24.4 Å². The third kappa shape index (κ3) is 6.58. The Kier molecular flexibility index (Phi) is 9.64. The normalized spacial score (nSPS) is 12.3. The van der Waals surface area contributed by atoms with Gasteiger partial charge in [0.15, 0.2) is 0 Å². The fourth-order valence-corrected chi connectivity index (χ4v) is 6.25. The molecule has 190 valence electrons. The Morgan fingerprint density at radius 1 is 1.11 bits per heavy atom. The standard InChI is InChI=1S/C25H30BrF2N2O4P/c1-3-33-35(32,34-4-2)25(27,28)21-13-12-18(16-22(21)26)14-15-29-24(31)11-7-8-19-17-30-23-10-6-5-9-20(19)23/h5-6,9-10,12-13,16-17,30H,3-4,7-8,11,14-15H2,1-2H3,(H,29,31). The van der Waals surface area contributed by atoms with Crippen molar-refractivity contribution in [2.45, 2.75) is 45.2 Å². The third-order valence-electron chi connectivity index (χ3n) is 5.56. The Morgan fingerprint density at radius 3 is 2.51 bits per heavy atom. The molecule has 0 saturated carbocycles. The number of amides is 1. The third-order valence-corrected chi connectivity index (χ3v) is 8.34. The molecule has 0 atom stereocenters. The summed E-state index contributed by atoms with van der Waals surface area (Å²) in [5.41, 5.74) is -1.25. The first-order valence-electron chi connectivity index (χ1n) is 11.6. The van der Waals surface area contributed by atoms with E-state index in [4.69, 9.17) is 9.05 Å². The first-order valence-corrected chi connectivity index (χ1v) is 13.9. The zero-order chi connectivity index (χ0) is 25.5. The van der Waals surface area contributed by atoms with Crippen molar-refractivity contribution in [3.05, 3.63) is 69.8 Å². The van der Waals surface area contributed by atoms with Gasteiger partial charge >= 0.3 is 13.3 Å². The lowest BCUT2D eigenvalue weighted by Crippen LogP contribution is -2.25. The lowest BCUT2D eigenvalue weighted by molar-refractivity contribution is -0.121. The van der Waals surface area contributed by atoms with E-state index in [0.717, 1.165) is 23.9 Å². The Morgan fingerprint density at radius 2 is 1.83 bits per heavy atom. The van der Waals surface area contributed by atoms with E-state index in [1.54, 1.807) is 0 Å². The van der Waals surface area contributed by atoms with Crippen molar-refractivity contribution in [2.24, 2.45) is 0 Å². The van der Waals surface area contributed by atoms with Crippen LogP contribution in [-0.2, 0) is 36.9 Å². The van der Waals surface area contributed by atoms with Crippen molar-refractivity contribution in [3.63, 3.8) is 0 Å². The summed E-state index contributed by atoms with van der Waals surface area (Å²) in [4.78, 5) is 15.5. The van der Waals surface area contributed by atoms with Gasteiger partial charge in [-0.1, -0.05) is 46.3 Å². The predicted octanol–water partition coefficient (Wildman–Crippen LogP) is 6.93. The number of fused-ring (bicyclic) bond motifs is 1. The molecule has 0 aliphatic rings. The van der Waals surface area contributed by atoms with Crippen LogP contribution in [0.4, 0.5) is 8.78 Å². The molecule has 0 aliphatic heterocycles. The maximum atomic E-state index is 15.0. The number of aromatic nitrogens is 1. The zero-order valence-corrected chi connectivity index (χ0v) is 22.3. The van der Waals surface area contributed by atoms with Crippen LogP contribution in [0.1, 0.15) is 43.4 Å². The van der Waals surface area contributed by atoms with Crippen LogP contribution in [0, 0.1) is 0 Å². The number of hydrogen-bond donors (Lipinski definition) is 2. The quantitative estimate of drug-likeness (QED) is 0.218. The molecule has 2 N–H and O–H groups in total. The molecule has 3 rings (SSSR count). The van der Waals surface area contributed by atoms with E-state index in [1.165, 1.54) is 43.0 Å². The molecule has 2 aromatic carbocycles. The minimum absolute atomic E-state index is 0.0542. The molecule has 0 unspecified atom stereocenters. The highest BCUT2D eigenvalue weighted by molar-refractivity contribution is 9.10. The largest absolute Gasteiger partial charge is 0.404 e. The maximum Gasteiger partial charge on any atom is 0.404 e. The Balaban J connectivity index is 1.50. The number of hydrogen-bond acceptors (Lipinski definition) is 4. The van der Waals surface area contributed by atoms with Gasteiger partial charge in [0.2, 0.25) is 5.91 Å². The van der Waals surface area contributed by atoms with E-state index in [0.29, 0.717) is 19.4 Å². The SMILES string of the molecule is CCOP(=O)(OCC)C(F)(F)c1ccc(CCNC(=O)CCCc2c[nH]c3ccccc23)cc1Br. The Bertz CT molecular complexity index is 1190. The highest BCUT2D eigenvalue weighted by Crippen LogP contribution is 2.67. The van der Waals surface area contributed by atoms with E-state index in [9.17, 15) is 9.36 Å². The molecular weight excluding hydrogens is 541 g/mol. The molecule has 0 saturated heterocycles. The van der Waals surface area contributed by atoms with Crippen molar-refractivity contribution in [2.75, 3.05) is 19.8 Å². The van der Waals surface area contributed by atoms with Gasteiger partial charge in [0.05, 0.1) is 13.2 Å². The van der Waals surface area contributed by atoms with Gasteiger partial charge in [0.1, 0.15) is 0 Å². The van der Waals surface area contributed by atoms with Gasteiger partial charge in [0, 0.05) is 40.1 Å². The van der Waals surface area contributed by atoms with Crippen molar-refractivity contribution in [1.82, 2.24) is 10.3 Å². The highest BCUT2D eigenvalue weighted by atomic mass is 79.9. The summed E-state index contributed by atoms with van der Waals surface area (Å²) in [7, 11) is -4.69. The lowest BCUT2D eigenvalue weighted by Gasteiger charge is -2.26. The molecule has 1 heterocycles. The molecular formula is C25H30BrF2N2O4P. The maximum absolute atomic E-state index is 15.0. The number of carbonyl (C=O) groups excluding carboxylic acids is 1. The molecule has 0 radical (unpaired) electrons. The van der Waals surface area contributed by atoms with Crippen LogP contribution >= 0.6 is 23.5 Å². The van der Waals surface area contributed by atoms with Gasteiger partial charge in [-0.25, -0.2) is 0 Å². The average Bonchev–Trinajstić information content (AvgIpc) is 3.22. The molecule has 1 amide bonds. The summed E-state index contributed by atoms with van der Waals surface area (Å²) in [6, 6.07) is 12.3. The lowest BCUT2D eigenvalue weighted by atomic mass is 10.1. The summed E-state index contributed by atoms with van der Waals surface area (Å²) in [5, 5.41) is 4.05. The smallest absolute Gasteiger partial charge is 0.361 e. The van der Waals surface area contributed by atoms with Crippen LogP contribution < -0.4 is 5.32 Å². The van der Waals surface area contributed by atoms with Crippen LogP contribution in [0.25, 0.3) is 10.9 Å². The van der Waals surface area contributed by atoms with Crippen LogP contribution in [0.5, 0.6) is 0 Å². The number of aryl methyl sites for hydroxylation is 1. The summed E-state index contributed by atoms with van der Waals surface area (Å²) >= 11 is 3.17. The highest BCUT2D eigenvalue weighted by Gasteiger charge is 2.55. The second-order valence-corrected chi connectivity index (χ2v) is 10.9. The number of benzene rings is 2. The molecule has 0 bridgehead atoms. The minimum Gasteiger partial charge on any atom is -0.361 e. The summed E-state index contributed by atoms with van der Waals surface area (Å²) in [6.45, 7) is 3.02. The number of aromatic amines is 1. The van der Waals surface area contributed by atoms with Gasteiger partial charge in [0.25, 0.3) is 0 Å². The Labute approximate surface area is 212 Å². The number of halogens is 3. The van der Waals surface area contributed by atoms with Gasteiger partial charge in [-0.3, -0.25) is 9.36 Å². The van der Waals surface area contributed by atoms with E-state index >= 15 is 8.78 Å². The Hall–Kier alpha value is -2.06. The molecule has 10 heteroatoms. The first kappa shape index (κ1) is 27.5. The van der Waals surface area contributed by atoms with E-state index < -0.39 is 18.8 Å².